The van der Waals surface area contributed by atoms with Crippen molar-refractivity contribution in [1.29, 1.82) is 0 Å². The van der Waals surface area contributed by atoms with Crippen LogP contribution in [-0.2, 0) is 0 Å². The van der Waals surface area contributed by atoms with Gasteiger partial charge in [0, 0.05) is 0 Å². The molecule has 3 heteroatoms. The molecular weight excluding hydrogens is 207 g/mol. The van der Waals surface area contributed by atoms with Crippen LogP contribution in [-0.4, -0.2) is 6.69 Å². The zero-order chi connectivity index (χ0) is 9.61. The van der Waals surface area contributed by atoms with Crippen molar-refractivity contribution >= 4 is 28.9 Å². The normalized spacial score (nSPS) is 14.8. The van der Waals surface area contributed by atoms with E-state index in [0.717, 1.165) is 24.4 Å². The summed E-state index contributed by atoms with van der Waals surface area (Å²) in [6.07, 6.45) is 3.57. The van der Waals surface area contributed by atoms with Gasteiger partial charge >= 0.3 is 0 Å². The largest absolute Gasteiger partial charge is 0.251 e. The Morgan fingerprint density at radius 3 is 2.17 bits per heavy atom. The Kier molecular flexibility index (Phi) is 6.70. The average molecular weight is 227 g/mol. The van der Waals surface area contributed by atoms with E-state index in [-0.39, 0.29) is 0 Å². The van der Waals surface area contributed by atoms with Gasteiger partial charge in [0.2, 0.25) is 0 Å². The maximum atomic E-state index is 6.24. The minimum atomic E-state index is -1.84. The molecule has 1 atom stereocenters. The molecule has 0 radical (unpaired) electrons. The van der Waals surface area contributed by atoms with E-state index in [0.29, 0.717) is 0 Å². The number of halogens is 2. The van der Waals surface area contributed by atoms with Crippen molar-refractivity contribution in [3.05, 3.63) is 0 Å². The van der Waals surface area contributed by atoms with E-state index >= 15 is 0 Å². The first-order valence-corrected chi connectivity index (χ1v) is 9.33. The van der Waals surface area contributed by atoms with Crippen molar-refractivity contribution in [3.8, 4) is 0 Å². The van der Waals surface area contributed by atoms with Crippen LogP contribution in [0.25, 0.3) is 0 Å². The van der Waals surface area contributed by atoms with Gasteiger partial charge < -0.3 is 0 Å². The number of hydrogen-bond acceptors (Lipinski definition) is 0. The van der Waals surface area contributed by atoms with E-state index in [2.05, 4.69) is 20.8 Å². The highest BCUT2D eigenvalue weighted by Gasteiger charge is 2.26. The Morgan fingerprint density at radius 1 is 1.17 bits per heavy atom. The van der Waals surface area contributed by atoms with Crippen molar-refractivity contribution in [3.63, 3.8) is 0 Å². The maximum absolute atomic E-state index is 6.24. The molecular formula is C9H20Cl2Si. The highest BCUT2D eigenvalue weighted by atomic mass is 35.7. The fourth-order valence-corrected chi connectivity index (χ4v) is 4.84. The smallest absolute Gasteiger partial charge is 0.146 e. The summed E-state index contributed by atoms with van der Waals surface area (Å²) in [5, 5.41) is 0. The predicted octanol–water partition coefficient (Wildman–Crippen LogP) is 4.75. The summed E-state index contributed by atoms with van der Waals surface area (Å²) < 4.78 is 0. The van der Waals surface area contributed by atoms with Crippen LogP contribution in [0.1, 0.15) is 40.0 Å². The fourth-order valence-electron chi connectivity index (χ4n) is 1.15. The standard InChI is InChI=1S/C9H20Cl2Si/c1-4-7-12(10,11)8-6-9(3)5-2/h9H,4-8H2,1-3H3/t9-/m0/s1. The third kappa shape index (κ3) is 6.33. The lowest BCUT2D eigenvalue weighted by Crippen LogP contribution is -2.18. The third-order valence-corrected chi connectivity index (χ3v) is 6.84. The van der Waals surface area contributed by atoms with Gasteiger partial charge in [-0.2, -0.15) is 0 Å². The van der Waals surface area contributed by atoms with E-state index in [4.69, 9.17) is 22.2 Å². The molecule has 0 spiro atoms. The molecule has 0 rings (SSSR count). The average Bonchev–Trinajstić information content (AvgIpc) is 2.00. The van der Waals surface area contributed by atoms with Gasteiger partial charge in [-0.05, 0) is 18.0 Å². The molecule has 0 aliphatic heterocycles. The third-order valence-electron chi connectivity index (χ3n) is 2.32. The predicted molar refractivity (Wildman–Crippen MR) is 61.4 cm³/mol. The van der Waals surface area contributed by atoms with E-state index in [1.807, 2.05) is 0 Å². The van der Waals surface area contributed by atoms with Crippen molar-refractivity contribution in [1.82, 2.24) is 0 Å². The van der Waals surface area contributed by atoms with Crippen molar-refractivity contribution in [2.24, 2.45) is 5.92 Å². The molecule has 0 fully saturated rings. The summed E-state index contributed by atoms with van der Waals surface area (Å²) in [4.78, 5) is 0. The maximum Gasteiger partial charge on any atom is 0.251 e. The molecule has 0 saturated carbocycles. The molecule has 0 aromatic carbocycles. The van der Waals surface area contributed by atoms with Crippen LogP contribution in [0.15, 0.2) is 0 Å². The number of rotatable bonds is 6. The molecule has 0 aliphatic rings. The fraction of sp³-hybridized carbons (Fsp3) is 1.00. The van der Waals surface area contributed by atoms with Gasteiger partial charge in [-0.25, -0.2) is 0 Å². The van der Waals surface area contributed by atoms with Crippen LogP contribution < -0.4 is 0 Å². The second-order valence-electron chi connectivity index (χ2n) is 3.66. The summed E-state index contributed by atoms with van der Waals surface area (Å²) >= 11 is 12.5. The van der Waals surface area contributed by atoms with Crippen LogP contribution in [0, 0.1) is 5.92 Å². The molecule has 0 N–H and O–H groups in total. The van der Waals surface area contributed by atoms with Gasteiger partial charge in [0.1, 0.15) is 0 Å². The first kappa shape index (κ1) is 12.8. The highest BCUT2D eigenvalue weighted by Crippen LogP contribution is 2.30. The van der Waals surface area contributed by atoms with Crippen LogP contribution in [0.2, 0.25) is 12.1 Å². The zero-order valence-corrected chi connectivity index (χ0v) is 10.9. The van der Waals surface area contributed by atoms with Gasteiger partial charge in [-0.1, -0.05) is 40.0 Å². The molecule has 0 heterocycles. The second-order valence-corrected chi connectivity index (χ2v) is 11.3. The summed E-state index contributed by atoms with van der Waals surface area (Å²) in [6, 6.07) is 2.12. The first-order valence-electron chi connectivity index (χ1n) is 4.89. The summed E-state index contributed by atoms with van der Waals surface area (Å²) in [5.74, 6) is 0.784. The lowest BCUT2D eigenvalue weighted by atomic mass is 10.1. The quantitative estimate of drug-likeness (QED) is 0.453. The van der Waals surface area contributed by atoms with E-state index in [1.54, 1.807) is 0 Å². The minimum Gasteiger partial charge on any atom is -0.146 e. The molecule has 12 heavy (non-hydrogen) atoms. The van der Waals surface area contributed by atoms with Crippen molar-refractivity contribution in [2.75, 3.05) is 0 Å². The summed E-state index contributed by atoms with van der Waals surface area (Å²) in [7, 11) is 0. The Morgan fingerprint density at radius 2 is 1.75 bits per heavy atom. The van der Waals surface area contributed by atoms with Gasteiger partial charge in [-0.3, -0.25) is 0 Å². The zero-order valence-electron chi connectivity index (χ0n) is 8.37. The second kappa shape index (κ2) is 6.28. The molecule has 0 aromatic heterocycles. The monoisotopic (exact) mass is 226 g/mol. The molecule has 0 nitrogen and oxygen atoms in total. The lowest BCUT2D eigenvalue weighted by molar-refractivity contribution is 0.541. The van der Waals surface area contributed by atoms with Crippen LogP contribution in [0.4, 0.5) is 0 Å². The van der Waals surface area contributed by atoms with E-state index < -0.39 is 6.69 Å². The topological polar surface area (TPSA) is 0 Å². The highest BCUT2D eigenvalue weighted by molar-refractivity contribution is 7.45. The molecule has 74 valence electrons. The summed E-state index contributed by atoms with van der Waals surface area (Å²) in [5.41, 5.74) is 0. The molecule has 0 aromatic rings. The van der Waals surface area contributed by atoms with E-state index in [1.165, 1.54) is 12.8 Å². The van der Waals surface area contributed by atoms with Crippen molar-refractivity contribution < 1.29 is 0 Å². The molecule has 0 saturated heterocycles. The molecule has 0 amide bonds. The Labute approximate surface area is 87.1 Å². The van der Waals surface area contributed by atoms with Gasteiger partial charge in [0.05, 0.1) is 0 Å². The Balaban J connectivity index is 3.59. The minimum absolute atomic E-state index is 0.784. The summed E-state index contributed by atoms with van der Waals surface area (Å²) in [6.45, 7) is 4.80. The van der Waals surface area contributed by atoms with E-state index in [9.17, 15) is 0 Å². The Hall–Kier alpha value is 0.797. The van der Waals surface area contributed by atoms with Gasteiger partial charge in [0.25, 0.3) is 6.69 Å². The van der Waals surface area contributed by atoms with Crippen molar-refractivity contribution in [2.45, 2.75) is 52.1 Å². The van der Waals surface area contributed by atoms with Crippen LogP contribution >= 0.6 is 22.2 Å². The lowest BCUT2D eigenvalue weighted by Gasteiger charge is -2.17. The molecule has 0 bridgehead atoms. The number of hydrogen-bond donors (Lipinski definition) is 0. The van der Waals surface area contributed by atoms with Crippen LogP contribution in [0.3, 0.4) is 0 Å². The molecule has 0 unspecified atom stereocenters. The van der Waals surface area contributed by atoms with Gasteiger partial charge in [-0.15, -0.1) is 22.2 Å². The molecule has 0 aliphatic carbocycles. The SMILES string of the molecule is CCC[Si](Cl)(Cl)CC[C@@H](C)CC. The first-order chi connectivity index (χ1) is 5.52. The van der Waals surface area contributed by atoms with Gasteiger partial charge in [0.15, 0.2) is 0 Å². The van der Waals surface area contributed by atoms with Crippen LogP contribution in [0.5, 0.6) is 0 Å². The Bertz CT molecular complexity index is 115.